The third-order valence-electron chi connectivity index (χ3n) is 2.78. The standard InChI is InChI=1S/C15H20ClNO2/c1-4-18-13-7-5-6-12(10-16)14(13)19-9-8-15(2,3)11-17/h5-7H,4,8-10H2,1-3H3. The lowest BCUT2D eigenvalue weighted by Crippen LogP contribution is -2.14. The van der Waals surface area contributed by atoms with Crippen LogP contribution in [0.2, 0.25) is 0 Å². The first kappa shape index (κ1) is 15.7. The lowest BCUT2D eigenvalue weighted by Gasteiger charge is -2.18. The van der Waals surface area contributed by atoms with E-state index in [-0.39, 0.29) is 5.41 Å². The van der Waals surface area contributed by atoms with E-state index in [1.54, 1.807) is 0 Å². The maximum absolute atomic E-state index is 8.98. The molecule has 0 saturated heterocycles. The van der Waals surface area contributed by atoms with Crippen molar-refractivity contribution in [1.82, 2.24) is 0 Å². The van der Waals surface area contributed by atoms with E-state index in [0.29, 0.717) is 37.0 Å². The molecule has 0 aromatic heterocycles. The fourth-order valence-corrected chi connectivity index (χ4v) is 1.77. The van der Waals surface area contributed by atoms with Crippen molar-refractivity contribution >= 4 is 11.6 Å². The number of para-hydroxylation sites is 1. The molecule has 3 nitrogen and oxygen atoms in total. The van der Waals surface area contributed by atoms with Gasteiger partial charge < -0.3 is 9.47 Å². The van der Waals surface area contributed by atoms with E-state index in [2.05, 4.69) is 6.07 Å². The van der Waals surface area contributed by atoms with Crippen LogP contribution in [0.15, 0.2) is 18.2 Å². The van der Waals surface area contributed by atoms with Crippen molar-refractivity contribution in [1.29, 1.82) is 5.26 Å². The van der Waals surface area contributed by atoms with Crippen LogP contribution < -0.4 is 9.47 Å². The number of halogens is 1. The molecule has 0 spiro atoms. The zero-order chi connectivity index (χ0) is 14.3. The van der Waals surface area contributed by atoms with Gasteiger partial charge >= 0.3 is 0 Å². The topological polar surface area (TPSA) is 42.2 Å². The Labute approximate surface area is 120 Å². The fraction of sp³-hybridized carbons (Fsp3) is 0.533. The highest BCUT2D eigenvalue weighted by molar-refractivity contribution is 6.17. The summed E-state index contributed by atoms with van der Waals surface area (Å²) in [5.41, 5.74) is 0.518. The van der Waals surface area contributed by atoms with Gasteiger partial charge in [-0.25, -0.2) is 0 Å². The van der Waals surface area contributed by atoms with Crippen LogP contribution in [-0.2, 0) is 5.88 Å². The molecule has 0 aliphatic carbocycles. The summed E-state index contributed by atoms with van der Waals surface area (Å²) in [6.45, 7) is 6.76. The Morgan fingerprint density at radius 3 is 2.63 bits per heavy atom. The number of hydrogen-bond donors (Lipinski definition) is 0. The number of ether oxygens (including phenoxy) is 2. The van der Waals surface area contributed by atoms with Gasteiger partial charge in [0.05, 0.1) is 30.6 Å². The lowest BCUT2D eigenvalue weighted by molar-refractivity contribution is 0.243. The molecule has 0 radical (unpaired) electrons. The van der Waals surface area contributed by atoms with Crippen LogP contribution in [0.5, 0.6) is 11.5 Å². The minimum Gasteiger partial charge on any atom is -0.490 e. The summed E-state index contributed by atoms with van der Waals surface area (Å²) in [6.07, 6.45) is 0.658. The van der Waals surface area contributed by atoms with E-state index in [9.17, 15) is 0 Å². The highest BCUT2D eigenvalue weighted by atomic mass is 35.5. The van der Waals surface area contributed by atoms with E-state index in [1.165, 1.54) is 0 Å². The largest absolute Gasteiger partial charge is 0.490 e. The molecule has 0 bridgehead atoms. The molecule has 19 heavy (non-hydrogen) atoms. The monoisotopic (exact) mass is 281 g/mol. The molecule has 1 rings (SSSR count). The number of benzene rings is 1. The Balaban J connectivity index is 2.78. The third kappa shape index (κ3) is 4.65. The molecule has 0 N–H and O–H groups in total. The first-order valence-corrected chi connectivity index (χ1v) is 6.92. The average molecular weight is 282 g/mol. The van der Waals surface area contributed by atoms with Gasteiger partial charge in [0.25, 0.3) is 0 Å². The van der Waals surface area contributed by atoms with Crippen LogP contribution in [0.4, 0.5) is 0 Å². The quantitative estimate of drug-likeness (QED) is 0.705. The molecule has 104 valence electrons. The zero-order valence-corrected chi connectivity index (χ0v) is 12.5. The first-order chi connectivity index (χ1) is 9.04. The van der Waals surface area contributed by atoms with Gasteiger partial charge in [0.2, 0.25) is 0 Å². The first-order valence-electron chi connectivity index (χ1n) is 6.38. The highest BCUT2D eigenvalue weighted by Crippen LogP contribution is 2.33. The second-order valence-electron chi connectivity index (χ2n) is 4.91. The summed E-state index contributed by atoms with van der Waals surface area (Å²) in [4.78, 5) is 0. The minimum atomic E-state index is -0.387. The third-order valence-corrected chi connectivity index (χ3v) is 3.07. The van der Waals surface area contributed by atoms with Gasteiger partial charge in [-0.1, -0.05) is 12.1 Å². The van der Waals surface area contributed by atoms with Crippen LogP contribution in [0.3, 0.4) is 0 Å². The Morgan fingerprint density at radius 1 is 1.32 bits per heavy atom. The van der Waals surface area contributed by atoms with Gasteiger partial charge in [-0.2, -0.15) is 5.26 Å². The second kappa shape index (κ2) is 7.25. The van der Waals surface area contributed by atoms with E-state index in [0.717, 1.165) is 5.56 Å². The summed E-state index contributed by atoms with van der Waals surface area (Å²) >= 11 is 5.91. The minimum absolute atomic E-state index is 0.373. The maximum Gasteiger partial charge on any atom is 0.165 e. The molecule has 0 atom stereocenters. The molecule has 0 heterocycles. The molecule has 0 aliphatic rings. The van der Waals surface area contributed by atoms with Crippen molar-refractivity contribution in [3.05, 3.63) is 23.8 Å². The number of alkyl halides is 1. The molecule has 1 aromatic carbocycles. The van der Waals surface area contributed by atoms with Gasteiger partial charge in [-0.05, 0) is 33.3 Å². The Bertz CT molecular complexity index is 452. The second-order valence-corrected chi connectivity index (χ2v) is 5.17. The van der Waals surface area contributed by atoms with Crippen molar-refractivity contribution in [2.45, 2.75) is 33.1 Å². The fourth-order valence-electron chi connectivity index (χ4n) is 1.56. The molecule has 1 aromatic rings. The number of nitriles is 1. The van der Waals surface area contributed by atoms with E-state index < -0.39 is 0 Å². The summed E-state index contributed by atoms with van der Waals surface area (Å²) in [6, 6.07) is 7.94. The van der Waals surface area contributed by atoms with Crippen LogP contribution in [-0.4, -0.2) is 13.2 Å². The highest BCUT2D eigenvalue weighted by Gasteiger charge is 2.18. The van der Waals surface area contributed by atoms with Crippen molar-refractivity contribution in [3.63, 3.8) is 0 Å². The summed E-state index contributed by atoms with van der Waals surface area (Å²) < 4.78 is 11.3. The van der Waals surface area contributed by atoms with E-state index in [4.69, 9.17) is 26.3 Å². The molecule has 0 fully saturated rings. The van der Waals surface area contributed by atoms with Crippen molar-refractivity contribution in [2.75, 3.05) is 13.2 Å². The molecule has 0 aliphatic heterocycles. The lowest BCUT2D eigenvalue weighted by atomic mass is 9.92. The Kier molecular flexibility index (Phi) is 5.98. The maximum atomic E-state index is 8.98. The number of rotatable bonds is 7. The van der Waals surface area contributed by atoms with Crippen molar-refractivity contribution < 1.29 is 9.47 Å². The molecular formula is C15H20ClNO2. The summed E-state index contributed by atoms with van der Waals surface area (Å²) in [5.74, 6) is 1.77. The van der Waals surface area contributed by atoms with Gasteiger partial charge in [0.1, 0.15) is 0 Å². The van der Waals surface area contributed by atoms with Gasteiger partial charge in [0, 0.05) is 5.56 Å². The Hall–Kier alpha value is -1.40. The van der Waals surface area contributed by atoms with Crippen molar-refractivity contribution in [2.24, 2.45) is 5.41 Å². The molecule has 0 unspecified atom stereocenters. The molecule has 4 heteroatoms. The van der Waals surface area contributed by atoms with E-state index >= 15 is 0 Å². The number of nitrogens with zero attached hydrogens (tertiary/aromatic N) is 1. The average Bonchev–Trinajstić information content (AvgIpc) is 2.40. The van der Waals surface area contributed by atoms with Crippen LogP contribution in [0, 0.1) is 16.7 Å². The van der Waals surface area contributed by atoms with Crippen molar-refractivity contribution in [3.8, 4) is 17.6 Å². The Morgan fingerprint density at radius 2 is 2.05 bits per heavy atom. The number of hydrogen-bond acceptors (Lipinski definition) is 3. The van der Waals surface area contributed by atoms with Gasteiger partial charge in [-0.15, -0.1) is 11.6 Å². The van der Waals surface area contributed by atoms with Gasteiger partial charge in [0.15, 0.2) is 11.5 Å². The smallest absolute Gasteiger partial charge is 0.165 e. The van der Waals surface area contributed by atoms with Crippen LogP contribution in [0.1, 0.15) is 32.8 Å². The van der Waals surface area contributed by atoms with Crippen LogP contribution in [0.25, 0.3) is 0 Å². The van der Waals surface area contributed by atoms with Gasteiger partial charge in [-0.3, -0.25) is 0 Å². The predicted molar refractivity (Wildman–Crippen MR) is 76.7 cm³/mol. The normalized spacial score (nSPS) is 10.9. The molecular weight excluding hydrogens is 262 g/mol. The van der Waals surface area contributed by atoms with Crippen LogP contribution >= 0.6 is 11.6 Å². The SMILES string of the molecule is CCOc1cccc(CCl)c1OCCC(C)(C)C#N. The summed E-state index contributed by atoms with van der Waals surface area (Å²) in [5, 5.41) is 8.98. The molecule has 0 amide bonds. The predicted octanol–water partition coefficient (Wildman–Crippen LogP) is 4.14. The molecule has 0 saturated carbocycles. The zero-order valence-electron chi connectivity index (χ0n) is 11.7. The summed E-state index contributed by atoms with van der Waals surface area (Å²) in [7, 11) is 0. The van der Waals surface area contributed by atoms with E-state index in [1.807, 2.05) is 39.0 Å².